The first kappa shape index (κ1) is 13.9. The molecule has 0 bridgehead atoms. The van der Waals surface area contributed by atoms with E-state index in [1.54, 1.807) is 0 Å². The molecule has 1 aromatic heterocycles. The number of nitrogen functional groups attached to an aromatic ring is 1. The number of sulfone groups is 1. The van der Waals surface area contributed by atoms with Gasteiger partial charge in [0.1, 0.15) is 0 Å². The molecule has 2 heterocycles. The van der Waals surface area contributed by atoms with E-state index in [9.17, 15) is 17.2 Å². The van der Waals surface area contributed by atoms with Gasteiger partial charge in [0.05, 0.1) is 17.1 Å². The highest BCUT2D eigenvalue weighted by molar-refractivity contribution is 7.91. The first-order valence-electron chi connectivity index (χ1n) is 6.14. The monoisotopic (exact) mass is 315 g/mol. The average molecular weight is 315 g/mol. The van der Waals surface area contributed by atoms with Crippen molar-refractivity contribution in [3.63, 3.8) is 0 Å². The molecule has 1 aromatic carbocycles. The zero-order valence-electron chi connectivity index (χ0n) is 10.7. The Balaban J connectivity index is 1.94. The van der Waals surface area contributed by atoms with Gasteiger partial charge in [-0.2, -0.15) is 4.98 Å². The first-order valence-corrected chi connectivity index (χ1v) is 7.97. The molecule has 21 heavy (non-hydrogen) atoms. The van der Waals surface area contributed by atoms with Crippen molar-refractivity contribution in [1.29, 1.82) is 0 Å². The van der Waals surface area contributed by atoms with E-state index in [0.717, 1.165) is 12.1 Å². The molecular formula is C12H11F2N3O3S. The van der Waals surface area contributed by atoms with Crippen LogP contribution in [0.15, 0.2) is 16.7 Å². The summed E-state index contributed by atoms with van der Waals surface area (Å²) in [6.07, 6.45) is 0.411. The Hall–Kier alpha value is -2.03. The van der Waals surface area contributed by atoms with Crippen LogP contribution in [0.3, 0.4) is 0 Å². The first-order chi connectivity index (χ1) is 9.85. The van der Waals surface area contributed by atoms with Gasteiger partial charge in [-0.1, -0.05) is 5.16 Å². The molecule has 1 saturated heterocycles. The lowest BCUT2D eigenvalue weighted by Gasteiger charge is -2.01. The standard InChI is InChI=1S/C12H11F2N3O3S/c13-8-3-7(10(15)4-9(8)14)12-16-11(17-20-12)6-1-2-21(18,19)5-6/h3-4,6H,1-2,5,15H2. The number of halogens is 2. The summed E-state index contributed by atoms with van der Waals surface area (Å²) < 4.78 is 54.1. The summed E-state index contributed by atoms with van der Waals surface area (Å²) in [5, 5.41) is 3.71. The molecule has 0 aliphatic carbocycles. The fourth-order valence-electron chi connectivity index (χ4n) is 2.26. The number of hydrogen-bond donors (Lipinski definition) is 1. The van der Waals surface area contributed by atoms with Crippen molar-refractivity contribution in [3.05, 3.63) is 29.6 Å². The summed E-state index contributed by atoms with van der Waals surface area (Å²) in [5.74, 6) is -2.30. The van der Waals surface area contributed by atoms with Gasteiger partial charge in [0.2, 0.25) is 0 Å². The number of nitrogens with two attached hydrogens (primary N) is 1. The van der Waals surface area contributed by atoms with E-state index in [2.05, 4.69) is 10.1 Å². The second kappa shape index (κ2) is 4.76. The largest absolute Gasteiger partial charge is 0.398 e. The number of anilines is 1. The molecule has 6 nitrogen and oxygen atoms in total. The Morgan fingerprint density at radius 3 is 2.67 bits per heavy atom. The zero-order valence-corrected chi connectivity index (χ0v) is 11.5. The predicted molar refractivity (Wildman–Crippen MR) is 70.1 cm³/mol. The molecule has 1 unspecified atom stereocenters. The van der Waals surface area contributed by atoms with E-state index >= 15 is 0 Å². The Morgan fingerprint density at radius 2 is 2.00 bits per heavy atom. The molecule has 1 fully saturated rings. The highest BCUT2D eigenvalue weighted by atomic mass is 32.2. The summed E-state index contributed by atoms with van der Waals surface area (Å²) in [4.78, 5) is 4.05. The van der Waals surface area contributed by atoms with E-state index in [1.807, 2.05) is 0 Å². The highest BCUT2D eigenvalue weighted by Gasteiger charge is 2.32. The van der Waals surface area contributed by atoms with E-state index in [1.165, 1.54) is 0 Å². The second-order valence-corrected chi connectivity index (χ2v) is 7.14. The van der Waals surface area contributed by atoms with Gasteiger partial charge < -0.3 is 10.3 Å². The molecular weight excluding hydrogens is 304 g/mol. The average Bonchev–Trinajstić information content (AvgIpc) is 3.00. The van der Waals surface area contributed by atoms with Gasteiger partial charge in [0.15, 0.2) is 27.3 Å². The third kappa shape index (κ3) is 2.60. The molecule has 0 radical (unpaired) electrons. The maximum absolute atomic E-state index is 13.3. The van der Waals surface area contributed by atoms with Crippen LogP contribution >= 0.6 is 0 Å². The van der Waals surface area contributed by atoms with Crippen molar-refractivity contribution in [2.24, 2.45) is 0 Å². The van der Waals surface area contributed by atoms with Gasteiger partial charge in [0, 0.05) is 17.7 Å². The summed E-state index contributed by atoms with van der Waals surface area (Å²) in [6, 6.07) is 1.70. The van der Waals surface area contributed by atoms with Crippen LogP contribution in [-0.4, -0.2) is 30.1 Å². The number of nitrogens with zero attached hydrogens (tertiary/aromatic N) is 2. The van der Waals surface area contributed by atoms with Crippen molar-refractivity contribution in [2.75, 3.05) is 17.2 Å². The van der Waals surface area contributed by atoms with E-state index in [-0.39, 0.29) is 40.4 Å². The maximum Gasteiger partial charge on any atom is 0.260 e. The summed E-state index contributed by atoms with van der Waals surface area (Å²) >= 11 is 0. The van der Waals surface area contributed by atoms with Crippen LogP contribution in [0.4, 0.5) is 14.5 Å². The van der Waals surface area contributed by atoms with Crippen LogP contribution in [0.2, 0.25) is 0 Å². The quantitative estimate of drug-likeness (QED) is 0.843. The molecule has 9 heteroatoms. The van der Waals surface area contributed by atoms with Crippen LogP contribution in [0.25, 0.3) is 11.5 Å². The van der Waals surface area contributed by atoms with Gasteiger partial charge in [-0.3, -0.25) is 0 Å². The third-order valence-corrected chi connectivity index (χ3v) is 5.13. The molecule has 3 rings (SSSR count). The fraction of sp³-hybridized carbons (Fsp3) is 0.333. The lowest BCUT2D eigenvalue weighted by molar-refractivity contribution is 0.417. The molecule has 1 aliphatic rings. The summed E-state index contributed by atoms with van der Waals surface area (Å²) in [6.45, 7) is 0. The SMILES string of the molecule is Nc1cc(F)c(F)cc1-c1nc(C2CCS(=O)(=O)C2)no1. The van der Waals surface area contributed by atoms with Gasteiger partial charge in [-0.25, -0.2) is 17.2 Å². The van der Waals surface area contributed by atoms with Crippen molar-refractivity contribution in [2.45, 2.75) is 12.3 Å². The van der Waals surface area contributed by atoms with Gasteiger partial charge >= 0.3 is 0 Å². The molecule has 0 spiro atoms. The second-order valence-electron chi connectivity index (χ2n) is 4.91. The van der Waals surface area contributed by atoms with Crippen LogP contribution in [0.1, 0.15) is 18.2 Å². The van der Waals surface area contributed by atoms with E-state index < -0.39 is 21.5 Å². The molecule has 0 amide bonds. The molecule has 112 valence electrons. The molecule has 2 aromatic rings. The van der Waals surface area contributed by atoms with E-state index in [4.69, 9.17) is 10.3 Å². The van der Waals surface area contributed by atoms with Crippen molar-refractivity contribution in [1.82, 2.24) is 10.1 Å². The Kier molecular flexibility index (Phi) is 3.16. The summed E-state index contributed by atoms with van der Waals surface area (Å²) in [5.41, 5.74) is 5.64. The normalized spacial score (nSPS) is 20.8. The highest BCUT2D eigenvalue weighted by Crippen LogP contribution is 2.31. The summed E-state index contributed by atoms with van der Waals surface area (Å²) in [7, 11) is -3.08. The lowest BCUT2D eigenvalue weighted by Crippen LogP contribution is -2.05. The number of hydrogen-bond acceptors (Lipinski definition) is 6. The van der Waals surface area contributed by atoms with Crippen molar-refractivity contribution in [3.8, 4) is 11.5 Å². The van der Waals surface area contributed by atoms with Crippen molar-refractivity contribution < 1.29 is 21.7 Å². The number of aromatic nitrogens is 2. The minimum Gasteiger partial charge on any atom is -0.398 e. The fourth-order valence-corrected chi connectivity index (χ4v) is 4.00. The predicted octanol–water partition coefficient (Wildman–Crippen LogP) is 1.50. The third-order valence-electron chi connectivity index (χ3n) is 3.36. The van der Waals surface area contributed by atoms with Gasteiger partial charge in [-0.05, 0) is 12.5 Å². The van der Waals surface area contributed by atoms with Crippen LogP contribution in [-0.2, 0) is 9.84 Å². The molecule has 2 N–H and O–H groups in total. The topological polar surface area (TPSA) is 99.1 Å². The van der Waals surface area contributed by atoms with Crippen LogP contribution in [0.5, 0.6) is 0 Å². The Bertz CT molecular complexity index is 804. The molecule has 1 atom stereocenters. The van der Waals surface area contributed by atoms with Crippen molar-refractivity contribution >= 4 is 15.5 Å². The minimum absolute atomic E-state index is 0.0388. The van der Waals surface area contributed by atoms with Crippen LogP contribution < -0.4 is 5.73 Å². The van der Waals surface area contributed by atoms with E-state index in [0.29, 0.717) is 6.42 Å². The number of rotatable bonds is 2. The Labute approximate surface area is 118 Å². The molecule has 0 saturated carbocycles. The lowest BCUT2D eigenvalue weighted by atomic mass is 10.1. The molecule has 1 aliphatic heterocycles. The maximum atomic E-state index is 13.3. The smallest absolute Gasteiger partial charge is 0.260 e. The van der Waals surface area contributed by atoms with Gasteiger partial charge in [0.25, 0.3) is 5.89 Å². The van der Waals surface area contributed by atoms with Gasteiger partial charge in [-0.15, -0.1) is 0 Å². The Morgan fingerprint density at radius 1 is 1.29 bits per heavy atom. The zero-order chi connectivity index (χ0) is 15.2. The number of benzene rings is 1. The minimum atomic E-state index is -3.08. The van der Waals surface area contributed by atoms with Crippen LogP contribution in [0, 0.1) is 11.6 Å².